The highest BCUT2D eigenvalue weighted by molar-refractivity contribution is 7.99. The molecule has 1 nitrogen and oxygen atoms in total. The zero-order valence-corrected chi connectivity index (χ0v) is 10.8. The number of thioether (sulfide) groups is 1. The minimum atomic E-state index is -4.26. The SMILES string of the molecule is CNC(c1ccc(SC(C)C)cc1)C(F)(F)F. The van der Waals surface area contributed by atoms with Gasteiger partial charge in [0.15, 0.2) is 0 Å². The molecule has 0 radical (unpaired) electrons. The van der Waals surface area contributed by atoms with Crippen LogP contribution in [0.25, 0.3) is 0 Å². The molecule has 1 unspecified atom stereocenters. The van der Waals surface area contributed by atoms with Crippen LogP contribution in [0.1, 0.15) is 25.5 Å². The predicted molar refractivity (Wildman–Crippen MR) is 65.3 cm³/mol. The molecule has 96 valence electrons. The summed E-state index contributed by atoms with van der Waals surface area (Å²) >= 11 is 1.63. The van der Waals surface area contributed by atoms with E-state index >= 15 is 0 Å². The summed E-state index contributed by atoms with van der Waals surface area (Å²) in [6, 6.07) is 4.92. The summed E-state index contributed by atoms with van der Waals surface area (Å²) in [5, 5.41) is 2.71. The van der Waals surface area contributed by atoms with E-state index in [1.807, 2.05) is 13.8 Å². The van der Waals surface area contributed by atoms with Gasteiger partial charge in [-0.1, -0.05) is 26.0 Å². The Morgan fingerprint density at radius 2 is 1.65 bits per heavy atom. The van der Waals surface area contributed by atoms with E-state index < -0.39 is 12.2 Å². The van der Waals surface area contributed by atoms with Crippen LogP contribution in [0.15, 0.2) is 29.2 Å². The molecule has 0 spiro atoms. The molecular weight excluding hydrogens is 247 g/mol. The van der Waals surface area contributed by atoms with E-state index in [0.29, 0.717) is 5.25 Å². The van der Waals surface area contributed by atoms with Crippen molar-refractivity contribution < 1.29 is 13.2 Å². The lowest BCUT2D eigenvalue weighted by molar-refractivity contribution is -0.156. The molecule has 0 aliphatic rings. The summed E-state index contributed by atoms with van der Waals surface area (Å²) in [4.78, 5) is 0.987. The molecule has 1 N–H and O–H groups in total. The van der Waals surface area contributed by atoms with Crippen LogP contribution in [-0.2, 0) is 0 Å². The van der Waals surface area contributed by atoms with Gasteiger partial charge in [0.05, 0.1) is 0 Å². The second-order valence-electron chi connectivity index (χ2n) is 4.00. The Balaban J connectivity index is 2.86. The smallest absolute Gasteiger partial charge is 0.306 e. The fraction of sp³-hybridized carbons (Fsp3) is 0.500. The first kappa shape index (κ1) is 14.4. The van der Waals surface area contributed by atoms with Gasteiger partial charge in [0.1, 0.15) is 6.04 Å². The van der Waals surface area contributed by atoms with Gasteiger partial charge in [0.2, 0.25) is 0 Å². The normalized spacial score (nSPS) is 14.1. The van der Waals surface area contributed by atoms with Gasteiger partial charge in [0, 0.05) is 10.1 Å². The number of benzene rings is 1. The number of hydrogen-bond donors (Lipinski definition) is 1. The number of nitrogens with one attached hydrogen (secondary N) is 1. The number of alkyl halides is 3. The van der Waals surface area contributed by atoms with E-state index in [1.54, 1.807) is 23.9 Å². The van der Waals surface area contributed by atoms with Crippen molar-refractivity contribution in [3.05, 3.63) is 29.8 Å². The van der Waals surface area contributed by atoms with E-state index in [-0.39, 0.29) is 5.56 Å². The molecule has 1 rings (SSSR count). The maximum absolute atomic E-state index is 12.6. The zero-order chi connectivity index (χ0) is 13.1. The maximum atomic E-state index is 12.6. The van der Waals surface area contributed by atoms with E-state index in [4.69, 9.17) is 0 Å². The van der Waals surface area contributed by atoms with Crippen molar-refractivity contribution in [1.82, 2.24) is 5.32 Å². The van der Waals surface area contributed by atoms with Crippen molar-refractivity contribution >= 4 is 11.8 Å². The van der Waals surface area contributed by atoms with Gasteiger partial charge in [0.25, 0.3) is 0 Å². The number of hydrogen-bond acceptors (Lipinski definition) is 2. The standard InChI is InChI=1S/C12H16F3NS/c1-8(2)17-10-6-4-9(5-7-10)11(16-3)12(13,14)15/h4-8,11,16H,1-3H3. The Bertz CT molecular complexity index is 346. The summed E-state index contributed by atoms with van der Waals surface area (Å²) in [5.74, 6) is 0. The average molecular weight is 263 g/mol. The molecule has 1 aromatic carbocycles. The van der Waals surface area contributed by atoms with Crippen molar-refractivity contribution in [3.8, 4) is 0 Å². The van der Waals surface area contributed by atoms with Gasteiger partial charge in [-0.2, -0.15) is 13.2 Å². The molecule has 1 atom stereocenters. The van der Waals surface area contributed by atoms with Crippen molar-refractivity contribution in [2.45, 2.75) is 36.2 Å². The van der Waals surface area contributed by atoms with E-state index in [1.165, 1.54) is 19.2 Å². The van der Waals surface area contributed by atoms with E-state index in [2.05, 4.69) is 5.32 Å². The molecule has 1 aromatic rings. The molecule has 0 saturated carbocycles. The topological polar surface area (TPSA) is 12.0 Å². The monoisotopic (exact) mass is 263 g/mol. The van der Waals surface area contributed by atoms with Crippen LogP contribution in [0.5, 0.6) is 0 Å². The van der Waals surface area contributed by atoms with Crippen LogP contribution < -0.4 is 5.32 Å². The van der Waals surface area contributed by atoms with Crippen LogP contribution in [0.3, 0.4) is 0 Å². The highest BCUT2D eigenvalue weighted by Crippen LogP contribution is 2.33. The summed E-state index contributed by atoms with van der Waals surface area (Å²) in [6.07, 6.45) is -4.26. The highest BCUT2D eigenvalue weighted by Gasteiger charge is 2.39. The summed E-state index contributed by atoms with van der Waals surface area (Å²) in [7, 11) is 1.31. The van der Waals surface area contributed by atoms with Gasteiger partial charge >= 0.3 is 6.18 Å². The van der Waals surface area contributed by atoms with Gasteiger partial charge in [-0.15, -0.1) is 11.8 Å². The molecule has 0 amide bonds. The zero-order valence-electron chi connectivity index (χ0n) is 10.0. The lowest BCUT2D eigenvalue weighted by atomic mass is 10.1. The van der Waals surface area contributed by atoms with Crippen LogP contribution >= 0.6 is 11.8 Å². The van der Waals surface area contributed by atoms with Crippen molar-refractivity contribution in [1.29, 1.82) is 0 Å². The molecule has 0 saturated heterocycles. The number of rotatable bonds is 4. The highest BCUT2D eigenvalue weighted by atomic mass is 32.2. The molecule has 0 heterocycles. The van der Waals surface area contributed by atoms with Crippen molar-refractivity contribution in [2.75, 3.05) is 7.05 Å². The van der Waals surface area contributed by atoms with Crippen LogP contribution in [0, 0.1) is 0 Å². The fourth-order valence-corrected chi connectivity index (χ4v) is 2.37. The Kier molecular flexibility index (Phi) is 4.89. The molecule has 0 aliphatic heterocycles. The van der Waals surface area contributed by atoms with Gasteiger partial charge in [-0.05, 0) is 24.7 Å². The lowest BCUT2D eigenvalue weighted by Gasteiger charge is -2.20. The van der Waals surface area contributed by atoms with Gasteiger partial charge in [-0.3, -0.25) is 0 Å². The van der Waals surface area contributed by atoms with Crippen LogP contribution in [-0.4, -0.2) is 18.5 Å². The van der Waals surface area contributed by atoms with E-state index in [9.17, 15) is 13.2 Å². The minimum Gasteiger partial charge on any atom is -0.306 e. The number of halogens is 3. The molecule has 0 bridgehead atoms. The Hall–Kier alpha value is -0.680. The van der Waals surface area contributed by atoms with E-state index in [0.717, 1.165) is 4.90 Å². The predicted octanol–water partition coefficient (Wildman–Crippen LogP) is 4.01. The Morgan fingerprint density at radius 1 is 1.12 bits per heavy atom. The molecule has 17 heavy (non-hydrogen) atoms. The molecule has 0 fully saturated rings. The van der Waals surface area contributed by atoms with Gasteiger partial charge in [-0.25, -0.2) is 0 Å². The summed E-state index contributed by atoms with van der Waals surface area (Å²) < 4.78 is 37.9. The largest absolute Gasteiger partial charge is 0.407 e. The average Bonchev–Trinajstić information content (AvgIpc) is 2.18. The first-order valence-electron chi connectivity index (χ1n) is 5.35. The van der Waals surface area contributed by atoms with Crippen molar-refractivity contribution in [2.24, 2.45) is 0 Å². The van der Waals surface area contributed by atoms with Gasteiger partial charge < -0.3 is 5.32 Å². The summed E-state index contributed by atoms with van der Waals surface area (Å²) in [5.41, 5.74) is 0.244. The first-order chi connectivity index (χ1) is 7.84. The second kappa shape index (κ2) is 5.78. The van der Waals surface area contributed by atoms with Crippen molar-refractivity contribution in [3.63, 3.8) is 0 Å². The summed E-state index contributed by atoms with van der Waals surface area (Å²) in [6.45, 7) is 4.09. The maximum Gasteiger partial charge on any atom is 0.407 e. The third-order valence-electron chi connectivity index (χ3n) is 2.20. The Labute approximate surface area is 104 Å². The molecular formula is C12H16F3NS. The third kappa shape index (κ3) is 4.24. The first-order valence-corrected chi connectivity index (χ1v) is 6.23. The molecule has 0 aromatic heterocycles. The lowest BCUT2D eigenvalue weighted by Crippen LogP contribution is -2.31. The molecule has 0 aliphatic carbocycles. The van der Waals surface area contributed by atoms with Crippen LogP contribution in [0.2, 0.25) is 0 Å². The Morgan fingerprint density at radius 3 is 2.00 bits per heavy atom. The fourth-order valence-electron chi connectivity index (χ4n) is 1.53. The molecule has 5 heteroatoms. The quantitative estimate of drug-likeness (QED) is 0.824. The second-order valence-corrected chi connectivity index (χ2v) is 5.65. The third-order valence-corrected chi connectivity index (χ3v) is 3.22. The van der Waals surface area contributed by atoms with Crippen LogP contribution in [0.4, 0.5) is 13.2 Å². The minimum absolute atomic E-state index is 0.244.